The number of nitrogens with zero attached hydrogens (tertiary/aromatic N) is 1. The van der Waals surface area contributed by atoms with Gasteiger partial charge in [-0.3, -0.25) is 4.79 Å². The second kappa shape index (κ2) is 10.7. The Morgan fingerprint density at radius 3 is 2.31 bits per heavy atom. The zero-order valence-electron chi connectivity index (χ0n) is 20.7. The van der Waals surface area contributed by atoms with Gasteiger partial charge in [0, 0.05) is 24.0 Å². The van der Waals surface area contributed by atoms with Gasteiger partial charge >= 0.3 is 5.97 Å². The van der Waals surface area contributed by atoms with E-state index in [-0.39, 0.29) is 12.0 Å². The molecule has 0 saturated heterocycles. The first-order valence-corrected chi connectivity index (χ1v) is 12.2. The number of nitrogens with one attached hydrogen (secondary N) is 2. The summed E-state index contributed by atoms with van der Waals surface area (Å²) in [6, 6.07) is 24.4. The Morgan fingerprint density at radius 2 is 1.64 bits per heavy atom. The average Bonchev–Trinajstić information content (AvgIpc) is 2.87. The maximum absolute atomic E-state index is 13.0. The molecule has 1 atom stereocenters. The summed E-state index contributed by atoms with van der Waals surface area (Å²) in [6.07, 6.45) is -0.253. The fourth-order valence-electron chi connectivity index (χ4n) is 4.07. The predicted molar refractivity (Wildman–Crippen MR) is 146 cm³/mol. The first-order valence-electron chi connectivity index (χ1n) is 11.8. The summed E-state index contributed by atoms with van der Waals surface area (Å²) < 4.78 is 5.51. The van der Waals surface area contributed by atoms with Crippen molar-refractivity contribution in [1.82, 2.24) is 10.2 Å². The number of esters is 1. The molecule has 1 heterocycles. The van der Waals surface area contributed by atoms with Gasteiger partial charge in [-0.1, -0.05) is 54.6 Å². The fourth-order valence-corrected chi connectivity index (χ4v) is 4.33. The van der Waals surface area contributed by atoms with Crippen molar-refractivity contribution in [3.8, 4) is 11.1 Å². The highest BCUT2D eigenvalue weighted by molar-refractivity contribution is 7.80. The van der Waals surface area contributed by atoms with Crippen LogP contribution >= 0.6 is 12.2 Å². The third kappa shape index (κ3) is 5.47. The highest BCUT2D eigenvalue weighted by Gasteiger charge is 2.34. The van der Waals surface area contributed by atoms with Gasteiger partial charge in [-0.2, -0.15) is 0 Å². The second-order valence-corrected chi connectivity index (χ2v) is 9.30. The normalized spacial score (nSPS) is 15.5. The Morgan fingerprint density at radius 1 is 0.972 bits per heavy atom. The molecular formula is C29H29N3O3S. The lowest BCUT2D eigenvalue weighted by atomic mass is 9.94. The number of anilines is 1. The van der Waals surface area contributed by atoms with E-state index in [1.165, 1.54) is 0 Å². The van der Waals surface area contributed by atoms with Crippen molar-refractivity contribution in [1.29, 1.82) is 0 Å². The Labute approximate surface area is 217 Å². The predicted octanol–water partition coefficient (Wildman–Crippen LogP) is 5.69. The van der Waals surface area contributed by atoms with Crippen molar-refractivity contribution in [2.45, 2.75) is 32.9 Å². The largest absolute Gasteiger partial charge is 0.459 e. The number of rotatable bonds is 6. The quantitative estimate of drug-likeness (QED) is 0.335. The van der Waals surface area contributed by atoms with Crippen molar-refractivity contribution >= 4 is 34.9 Å². The standard InChI is InChI=1S/C29H29N3O3S/c1-18(2)35-28(34)25-19(3)32(4)29(36)31-26(25)23-11-8-12-24(17-23)30-27(33)22-15-13-21(14-16-22)20-9-6-5-7-10-20/h5-18,26H,1-4H3,(H,30,33)(H,31,36). The molecule has 36 heavy (non-hydrogen) atoms. The molecule has 0 bridgehead atoms. The van der Waals surface area contributed by atoms with Crippen LogP contribution in [0.15, 0.2) is 90.1 Å². The number of hydrogen-bond acceptors (Lipinski definition) is 4. The molecule has 0 spiro atoms. The van der Waals surface area contributed by atoms with Gasteiger partial charge in [0.15, 0.2) is 5.11 Å². The van der Waals surface area contributed by atoms with Crippen LogP contribution in [0.5, 0.6) is 0 Å². The maximum Gasteiger partial charge on any atom is 0.338 e. The Bertz CT molecular complexity index is 1320. The number of benzene rings is 3. The summed E-state index contributed by atoms with van der Waals surface area (Å²) >= 11 is 5.48. The summed E-state index contributed by atoms with van der Waals surface area (Å²) in [4.78, 5) is 27.7. The van der Waals surface area contributed by atoms with Gasteiger partial charge in [0.25, 0.3) is 5.91 Å². The minimum atomic E-state index is -0.498. The molecule has 0 aliphatic carbocycles. The van der Waals surface area contributed by atoms with Crippen LogP contribution in [-0.2, 0) is 9.53 Å². The lowest BCUT2D eigenvalue weighted by molar-refractivity contribution is -0.143. The van der Waals surface area contributed by atoms with Crippen LogP contribution in [0.2, 0.25) is 0 Å². The molecule has 3 aromatic rings. The van der Waals surface area contributed by atoms with E-state index in [0.29, 0.717) is 21.9 Å². The molecule has 0 aromatic heterocycles. The summed E-state index contributed by atoms with van der Waals surface area (Å²) in [5.41, 5.74) is 5.30. The average molecular weight is 500 g/mol. The minimum absolute atomic E-state index is 0.218. The van der Waals surface area contributed by atoms with E-state index in [9.17, 15) is 9.59 Å². The van der Waals surface area contributed by atoms with Crippen LogP contribution in [0.1, 0.15) is 42.7 Å². The van der Waals surface area contributed by atoms with Gasteiger partial charge in [-0.05, 0) is 73.9 Å². The van der Waals surface area contributed by atoms with Crippen LogP contribution in [0.4, 0.5) is 5.69 Å². The molecule has 1 aliphatic rings. The van der Waals surface area contributed by atoms with Gasteiger partial charge in [0.2, 0.25) is 0 Å². The molecule has 1 unspecified atom stereocenters. The third-order valence-corrected chi connectivity index (χ3v) is 6.44. The third-order valence-electron chi connectivity index (χ3n) is 6.05. The van der Waals surface area contributed by atoms with Crippen molar-refractivity contribution in [2.24, 2.45) is 0 Å². The molecule has 184 valence electrons. The summed E-state index contributed by atoms with van der Waals surface area (Å²) in [7, 11) is 1.81. The topological polar surface area (TPSA) is 70.7 Å². The minimum Gasteiger partial charge on any atom is -0.459 e. The molecule has 2 N–H and O–H groups in total. The van der Waals surface area contributed by atoms with E-state index in [1.54, 1.807) is 4.90 Å². The van der Waals surface area contributed by atoms with Gasteiger partial charge in [-0.25, -0.2) is 4.79 Å². The van der Waals surface area contributed by atoms with Crippen molar-refractivity contribution < 1.29 is 14.3 Å². The van der Waals surface area contributed by atoms with E-state index < -0.39 is 12.0 Å². The van der Waals surface area contributed by atoms with Crippen LogP contribution in [0, 0.1) is 0 Å². The highest BCUT2D eigenvalue weighted by atomic mass is 32.1. The Kier molecular flexibility index (Phi) is 7.50. The van der Waals surface area contributed by atoms with Crippen LogP contribution < -0.4 is 10.6 Å². The molecule has 4 rings (SSSR count). The van der Waals surface area contributed by atoms with Crippen molar-refractivity contribution in [3.05, 3.63) is 101 Å². The number of allylic oxidation sites excluding steroid dienone is 1. The second-order valence-electron chi connectivity index (χ2n) is 8.92. The molecule has 6 nitrogen and oxygen atoms in total. The molecule has 0 fully saturated rings. The maximum atomic E-state index is 13.0. The van der Waals surface area contributed by atoms with E-state index in [0.717, 1.165) is 22.4 Å². The number of amides is 1. The smallest absolute Gasteiger partial charge is 0.338 e. The molecule has 3 aromatic carbocycles. The molecule has 1 aliphatic heterocycles. The van der Waals surface area contributed by atoms with Gasteiger partial charge in [0.1, 0.15) is 0 Å². The molecule has 0 saturated carbocycles. The molecule has 0 radical (unpaired) electrons. The lowest BCUT2D eigenvalue weighted by Crippen LogP contribution is -2.46. The number of carbonyl (C=O) groups is 2. The first kappa shape index (κ1) is 25.1. The lowest BCUT2D eigenvalue weighted by Gasteiger charge is -2.35. The van der Waals surface area contributed by atoms with Crippen LogP contribution in [0.25, 0.3) is 11.1 Å². The van der Waals surface area contributed by atoms with Gasteiger partial charge in [-0.15, -0.1) is 0 Å². The molecule has 1 amide bonds. The molecule has 7 heteroatoms. The number of hydrogen-bond donors (Lipinski definition) is 2. The van der Waals surface area contributed by atoms with Gasteiger partial charge < -0.3 is 20.3 Å². The fraction of sp³-hybridized carbons (Fsp3) is 0.207. The van der Waals surface area contributed by atoms with Crippen LogP contribution in [0.3, 0.4) is 0 Å². The Hall–Kier alpha value is -3.97. The monoisotopic (exact) mass is 499 g/mol. The summed E-state index contributed by atoms with van der Waals surface area (Å²) in [5, 5.41) is 6.71. The SMILES string of the molecule is CC1=C(C(=O)OC(C)C)C(c2cccc(NC(=O)c3ccc(-c4ccccc4)cc3)c2)NC(=S)N1C. The zero-order valence-corrected chi connectivity index (χ0v) is 21.6. The van der Waals surface area contributed by atoms with E-state index >= 15 is 0 Å². The zero-order chi connectivity index (χ0) is 25.8. The van der Waals surface area contributed by atoms with Gasteiger partial charge in [0.05, 0.1) is 17.7 Å². The Balaban J connectivity index is 1.56. The molecular weight excluding hydrogens is 470 g/mol. The van der Waals surface area contributed by atoms with Crippen molar-refractivity contribution in [2.75, 3.05) is 12.4 Å². The van der Waals surface area contributed by atoms with E-state index in [2.05, 4.69) is 10.6 Å². The van der Waals surface area contributed by atoms with E-state index in [4.69, 9.17) is 17.0 Å². The highest BCUT2D eigenvalue weighted by Crippen LogP contribution is 2.32. The number of ether oxygens (including phenoxy) is 1. The summed E-state index contributed by atoms with van der Waals surface area (Å²) in [6.45, 7) is 5.48. The number of thiocarbonyl (C=S) groups is 1. The van der Waals surface area contributed by atoms with E-state index in [1.807, 2.05) is 107 Å². The summed E-state index contributed by atoms with van der Waals surface area (Å²) in [5.74, 6) is -0.618. The van der Waals surface area contributed by atoms with Crippen molar-refractivity contribution in [3.63, 3.8) is 0 Å². The first-order chi connectivity index (χ1) is 17.2. The van der Waals surface area contributed by atoms with Crippen LogP contribution in [-0.4, -0.2) is 35.0 Å². The number of carbonyl (C=O) groups excluding carboxylic acids is 2.